The second-order valence-electron chi connectivity index (χ2n) is 5.15. The Morgan fingerprint density at radius 2 is 2.06 bits per heavy atom. The Bertz CT molecular complexity index is 384. The maximum absolute atomic E-state index is 6.09. The average Bonchev–Trinajstić information content (AvgIpc) is 2.47. The summed E-state index contributed by atoms with van der Waals surface area (Å²) in [7, 11) is 1.72. The standard InChI is InChI=1S/C15H24N2O/c1-3-17-9-7-15(12-16,8-10-17)13-5-4-6-14(11-13)18-2/h4-6,11H,3,7-10,12,16H2,1-2H3. The Kier molecular flexibility index (Phi) is 4.25. The van der Waals surface area contributed by atoms with E-state index in [0.717, 1.165) is 44.8 Å². The summed E-state index contributed by atoms with van der Waals surface area (Å²) in [6.07, 6.45) is 2.29. The third kappa shape index (κ3) is 2.52. The van der Waals surface area contributed by atoms with Gasteiger partial charge in [0.15, 0.2) is 0 Å². The molecule has 0 aliphatic carbocycles. The second-order valence-corrected chi connectivity index (χ2v) is 5.15. The summed E-state index contributed by atoms with van der Waals surface area (Å²) in [5.74, 6) is 0.929. The van der Waals surface area contributed by atoms with Gasteiger partial charge in [-0.15, -0.1) is 0 Å². The molecule has 0 bridgehead atoms. The quantitative estimate of drug-likeness (QED) is 0.886. The Morgan fingerprint density at radius 1 is 1.33 bits per heavy atom. The number of piperidine rings is 1. The molecule has 3 heteroatoms. The Hall–Kier alpha value is -1.06. The maximum Gasteiger partial charge on any atom is 0.119 e. The van der Waals surface area contributed by atoms with Crippen LogP contribution in [0.4, 0.5) is 0 Å². The van der Waals surface area contributed by atoms with Crippen LogP contribution in [-0.4, -0.2) is 38.2 Å². The van der Waals surface area contributed by atoms with E-state index in [9.17, 15) is 0 Å². The summed E-state index contributed by atoms with van der Waals surface area (Å²) in [5, 5.41) is 0. The zero-order valence-electron chi connectivity index (χ0n) is 11.5. The second kappa shape index (κ2) is 5.72. The Morgan fingerprint density at radius 3 is 2.61 bits per heavy atom. The fraction of sp³-hybridized carbons (Fsp3) is 0.600. The van der Waals surface area contributed by atoms with Gasteiger partial charge < -0.3 is 15.4 Å². The smallest absolute Gasteiger partial charge is 0.119 e. The lowest BCUT2D eigenvalue weighted by Crippen LogP contribution is -2.46. The molecule has 0 spiro atoms. The minimum absolute atomic E-state index is 0.139. The molecular weight excluding hydrogens is 224 g/mol. The number of methoxy groups -OCH3 is 1. The summed E-state index contributed by atoms with van der Waals surface area (Å²) >= 11 is 0. The van der Waals surface area contributed by atoms with Gasteiger partial charge in [-0.05, 0) is 50.2 Å². The highest BCUT2D eigenvalue weighted by molar-refractivity contribution is 5.34. The van der Waals surface area contributed by atoms with Crippen LogP contribution in [0.25, 0.3) is 0 Å². The predicted octanol–water partition coefficient (Wildman–Crippen LogP) is 2.01. The van der Waals surface area contributed by atoms with Gasteiger partial charge in [0.2, 0.25) is 0 Å². The van der Waals surface area contributed by atoms with Crippen LogP contribution in [0.3, 0.4) is 0 Å². The molecular formula is C15H24N2O. The normalized spacial score (nSPS) is 19.7. The Balaban J connectivity index is 2.21. The van der Waals surface area contributed by atoms with Crippen LogP contribution in [0.5, 0.6) is 5.75 Å². The van der Waals surface area contributed by atoms with Gasteiger partial charge in [0.05, 0.1) is 7.11 Å². The van der Waals surface area contributed by atoms with E-state index in [2.05, 4.69) is 30.0 Å². The number of hydrogen-bond acceptors (Lipinski definition) is 3. The van der Waals surface area contributed by atoms with E-state index in [-0.39, 0.29) is 5.41 Å². The third-order valence-electron chi connectivity index (χ3n) is 4.33. The molecule has 1 aromatic rings. The van der Waals surface area contributed by atoms with Gasteiger partial charge in [0, 0.05) is 12.0 Å². The third-order valence-corrected chi connectivity index (χ3v) is 4.33. The van der Waals surface area contributed by atoms with Crippen LogP contribution in [0, 0.1) is 0 Å². The molecule has 0 amide bonds. The minimum Gasteiger partial charge on any atom is -0.497 e. The lowest BCUT2D eigenvalue weighted by atomic mass is 9.73. The lowest BCUT2D eigenvalue weighted by Gasteiger charge is -2.41. The van der Waals surface area contributed by atoms with Crippen LogP contribution in [-0.2, 0) is 5.41 Å². The molecule has 1 heterocycles. The van der Waals surface area contributed by atoms with E-state index < -0.39 is 0 Å². The summed E-state index contributed by atoms with van der Waals surface area (Å²) in [5.41, 5.74) is 7.56. The molecule has 1 aliphatic rings. The monoisotopic (exact) mass is 248 g/mol. The van der Waals surface area contributed by atoms with Gasteiger partial charge in [-0.1, -0.05) is 19.1 Å². The average molecular weight is 248 g/mol. The summed E-state index contributed by atoms with van der Waals surface area (Å²) in [6, 6.07) is 8.40. The molecule has 1 saturated heterocycles. The Labute approximate surface area is 110 Å². The zero-order chi connectivity index (χ0) is 13.0. The van der Waals surface area contributed by atoms with Crippen molar-refractivity contribution in [3.8, 4) is 5.75 Å². The molecule has 0 unspecified atom stereocenters. The number of benzene rings is 1. The number of rotatable bonds is 4. The van der Waals surface area contributed by atoms with Crippen molar-refractivity contribution in [1.29, 1.82) is 0 Å². The van der Waals surface area contributed by atoms with Crippen LogP contribution < -0.4 is 10.5 Å². The first-order valence-electron chi connectivity index (χ1n) is 6.81. The molecule has 2 N–H and O–H groups in total. The fourth-order valence-corrected chi connectivity index (χ4v) is 2.86. The molecule has 0 aromatic heterocycles. The van der Waals surface area contributed by atoms with Crippen molar-refractivity contribution in [1.82, 2.24) is 4.90 Å². The van der Waals surface area contributed by atoms with E-state index in [1.165, 1.54) is 5.56 Å². The van der Waals surface area contributed by atoms with Crippen molar-refractivity contribution in [2.75, 3.05) is 33.3 Å². The topological polar surface area (TPSA) is 38.5 Å². The van der Waals surface area contributed by atoms with Crippen molar-refractivity contribution in [2.45, 2.75) is 25.2 Å². The first-order chi connectivity index (χ1) is 8.74. The first-order valence-corrected chi connectivity index (χ1v) is 6.81. The number of ether oxygens (including phenoxy) is 1. The number of hydrogen-bond donors (Lipinski definition) is 1. The first kappa shape index (κ1) is 13.4. The van der Waals surface area contributed by atoms with E-state index in [1.54, 1.807) is 7.11 Å². The zero-order valence-corrected chi connectivity index (χ0v) is 11.5. The molecule has 0 saturated carbocycles. The van der Waals surface area contributed by atoms with Crippen molar-refractivity contribution in [3.63, 3.8) is 0 Å². The van der Waals surface area contributed by atoms with Gasteiger partial charge in [-0.2, -0.15) is 0 Å². The highest BCUT2D eigenvalue weighted by Gasteiger charge is 2.34. The highest BCUT2D eigenvalue weighted by atomic mass is 16.5. The van der Waals surface area contributed by atoms with Gasteiger partial charge in [0.1, 0.15) is 5.75 Å². The van der Waals surface area contributed by atoms with Crippen LogP contribution in [0.2, 0.25) is 0 Å². The molecule has 0 radical (unpaired) electrons. The maximum atomic E-state index is 6.09. The number of nitrogens with two attached hydrogens (primary N) is 1. The van der Waals surface area contributed by atoms with Gasteiger partial charge in [-0.3, -0.25) is 0 Å². The van der Waals surface area contributed by atoms with Gasteiger partial charge in [-0.25, -0.2) is 0 Å². The fourth-order valence-electron chi connectivity index (χ4n) is 2.86. The number of likely N-dealkylation sites (tertiary alicyclic amines) is 1. The summed E-state index contributed by atoms with van der Waals surface area (Å²) in [6.45, 7) is 6.37. The predicted molar refractivity (Wildman–Crippen MR) is 75.1 cm³/mol. The van der Waals surface area contributed by atoms with Crippen LogP contribution in [0.15, 0.2) is 24.3 Å². The molecule has 0 atom stereocenters. The SMILES string of the molecule is CCN1CCC(CN)(c2cccc(OC)c2)CC1. The van der Waals surface area contributed by atoms with Gasteiger partial charge in [0.25, 0.3) is 0 Å². The van der Waals surface area contributed by atoms with E-state index >= 15 is 0 Å². The molecule has 18 heavy (non-hydrogen) atoms. The van der Waals surface area contributed by atoms with Crippen LogP contribution >= 0.6 is 0 Å². The van der Waals surface area contributed by atoms with Crippen molar-refractivity contribution < 1.29 is 4.74 Å². The van der Waals surface area contributed by atoms with E-state index in [1.807, 2.05) is 6.07 Å². The molecule has 1 aromatic carbocycles. The molecule has 2 rings (SSSR count). The van der Waals surface area contributed by atoms with Crippen molar-refractivity contribution >= 4 is 0 Å². The summed E-state index contributed by atoms with van der Waals surface area (Å²) in [4.78, 5) is 2.49. The van der Waals surface area contributed by atoms with Gasteiger partial charge >= 0.3 is 0 Å². The van der Waals surface area contributed by atoms with Crippen molar-refractivity contribution in [2.24, 2.45) is 5.73 Å². The van der Waals surface area contributed by atoms with Crippen LogP contribution in [0.1, 0.15) is 25.3 Å². The largest absolute Gasteiger partial charge is 0.497 e. The molecule has 1 fully saturated rings. The van der Waals surface area contributed by atoms with E-state index in [4.69, 9.17) is 10.5 Å². The summed E-state index contributed by atoms with van der Waals surface area (Å²) < 4.78 is 5.33. The lowest BCUT2D eigenvalue weighted by molar-refractivity contribution is 0.169. The van der Waals surface area contributed by atoms with E-state index in [0.29, 0.717) is 0 Å². The minimum atomic E-state index is 0.139. The molecule has 1 aliphatic heterocycles. The highest BCUT2D eigenvalue weighted by Crippen LogP contribution is 2.35. The van der Waals surface area contributed by atoms with Crippen molar-refractivity contribution in [3.05, 3.63) is 29.8 Å². The number of nitrogens with zero attached hydrogens (tertiary/aromatic N) is 1. The molecule has 3 nitrogen and oxygen atoms in total. The molecule has 100 valence electrons.